The number of nitrogens with zero attached hydrogens (tertiary/aromatic N) is 1. The zero-order chi connectivity index (χ0) is 24.2. The summed E-state index contributed by atoms with van der Waals surface area (Å²) in [6.07, 6.45) is 0.676. The molecule has 0 aromatic heterocycles. The Kier molecular flexibility index (Phi) is 7.82. The van der Waals surface area contributed by atoms with Crippen molar-refractivity contribution in [3.8, 4) is 0 Å². The number of halogens is 1. The number of anilines is 1. The minimum absolute atomic E-state index is 0.117. The lowest BCUT2D eigenvalue weighted by Crippen LogP contribution is -2.42. The van der Waals surface area contributed by atoms with Crippen LogP contribution in [0.1, 0.15) is 41.6 Å². The predicted octanol–water partition coefficient (Wildman–Crippen LogP) is 5.73. The average Bonchev–Trinajstić information content (AvgIpc) is 2.78. The van der Waals surface area contributed by atoms with Gasteiger partial charge in [-0.25, -0.2) is 8.42 Å². The van der Waals surface area contributed by atoms with E-state index in [1.54, 1.807) is 49.4 Å². The molecule has 0 fully saturated rings. The molecule has 5 nitrogen and oxygen atoms in total. The molecule has 7 heteroatoms. The highest BCUT2D eigenvalue weighted by Crippen LogP contribution is 2.30. The molecule has 1 unspecified atom stereocenters. The first-order valence-electron chi connectivity index (χ1n) is 10.8. The fourth-order valence-corrected chi connectivity index (χ4v) is 5.22. The predicted molar refractivity (Wildman–Crippen MR) is 134 cm³/mol. The average molecular weight is 485 g/mol. The van der Waals surface area contributed by atoms with Crippen LogP contribution in [0.3, 0.4) is 0 Å². The number of rotatable bonds is 8. The highest BCUT2D eigenvalue weighted by atomic mass is 35.5. The Bertz CT molecular complexity index is 1220. The van der Waals surface area contributed by atoms with Crippen molar-refractivity contribution < 1.29 is 13.2 Å². The number of benzene rings is 3. The van der Waals surface area contributed by atoms with Crippen LogP contribution in [-0.4, -0.2) is 20.9 Å². The van der Waals surface area contributed by atoms with Gasteiger partial charge in [0.25, 0.3) is 10.0 Å². The maximum Gasteiger partial charge on any atom is 0.264 e. The summed E-state index contributed by atoms with van der Waals surface area (Å²) in [5.74, 6) is -0.391. The molecule has 1 N–H and O–H groups in total. The Balaban J connectivity index is 1.95. The quantitative estimate of drug-likeness (QED) is 0.444. The summed E-state index contributed by atoms with van der Waals surface area (Å²) in [6, 6.07) is 19.3. The normalized spacial score (nSPS) is 12.3. The molecule has 1 amide bonds. The molecule has 1 atom stereocenters. The third-order valence-corrected chi connectivity index (χ3v) is 7.57. The molecule has 0 aliphatic heterocycles. The molecule has 174 valence electrons. The van der Waals surface area contributed by atoms with Gasteiger partial charge in [-0.15, -0.1) is 0 Å². The van der Waals surface area contributed by atoms with Gasteiger partial charge in [0.2, 0.25) is 5.91 Å². The molecular weight excluding hydrogens is 456 g/mol. The highest BCUT2D eigenvalue weighted by molar-refractivity contribution is 7.92. The fourth-order valence-electron chi connectivity index (χ4n) is 3.58. The van der Waals surface area contributed by atoms with E-state index in [2.05, 4.69) is 5.32 Å². The number of nitrogens with one attached hydrogen (secondary N) is 1. The number of carbonyl (C=O) groups is 1. The fraction of sp³-hybridized carbons (Fsp3) is 0.269. The third-order valence-electron chi connectivity index (χ3n) is 5.56. The van der Waals surface area contributed by atoms with Crippen molar-refractivity contribution in [2.45, 2.75) is 45.1 Å². The van der Waals surface area contributed by atoms with E-state index >= 15 is 0 Å². The first kappa shape index (κ1) is 24.8. The SMILES string of the molecule is CCC(NC(=O)CN(c1cc(Cl)ccc1C)S(=O)(=O)c1ccc(C)cc1)c1ccc(C)cc1. The zero-order valence-electron chi connectivity index (χ0n) is 19.3. The molecule has 0 aliphatic rings. The smallest absolute Gasteiger partial charge is 0.264 e. The van der Waals surface area contributed by atoms with E-state index in [1.807, 2.05) is 45.0 Å². The van der Waals surface area contributed by atoms with Crippen molar-refractivity contribution in [3.63, 3.8) is 0 Å². The van der Waals surface area contributed by atoms with Gasteiger partial charge in [0.15, 0.2) is 0 Å². The lowest BCUT2D eigenvalue weighted by molar-refractivity contribution is -0.120. The second-order valence-corrected chi connectivity index (χ2v) is 10.5. The zero-order valence-corrected chi connectivity index (χ0v) is 20.9. The number of sulfonamides is 1. The van der Waals surface area contributed by atoms with Gasteiger partial charge < -0.3 is 5.32 Å². The van der Waals surface area contributed by atoms with Crippen molar-refractivity contribution >= 4 is 33.2 Å². The van der Waals surface area contributed by atoms with Gasteiger partial charge in [-0.3, -0.25) is 9.10 Å². The molecule has 0 heterocycles. The van der Waals surface area contributed by atoms with E-state index in [1.165, 1.54) is 0 Å². The van der Waals surface area contributed by atoms with Crippen LogP contribution < -0.4 is 9.62 Å². The molecule has 0 saturated carbocycles. The highest BCUT2D eigenvalue weighted by Gasteiger charge is 2.29. The molecule has 33 heavy (non-hydrogen) atoms. The number of hydrogen-bond donors (Lipinski definition) is 1. The first-order valence-corrected chi connectivity index (χ1v) is 12.6. The largest absolute Gasteiger partial charge is 0.348 e. The Morgan fingerprint density at radius 2 is 1.52 bits per heavy atom. The first-order chi connectivity index (χ1) is 15.6. The van der Waals surface area contributed by atoms with E-state index in [0.29, 0.717) is 22.7 Å². The van der Waals surface area contributed by atoms with Gasteiger partial charge in [-0.2, -0.15) is 0 Å². The summed E-state index contributed by atoms with van der Waals surface area (Å²) in [5.41, 5.74) is 4.13. The van der Waals surface area contributed by atoms with Crippen molar-refractivity contribution in [3.05, 3.63) is 94.0 Å². The Hall–Kier alpha value is -2.83. The van der Waals surface area contributed by atoms with Crippen molar-refractivity contribution in [1.82, 2.24) is 5.32 Å². The molecule has 0 spiro atoms. The van der Waals surface area contributed by atoms with Crippen LogP contribution in [-0.2, 0) is 14.8 Å². The van der Waals surface area contributed by atoms with Crippen molar-refractivity contribution in [2.75, 3.05) is 10.8 Å². The van der Waals surface area contributed by atoms with Gasteiger partial charge in [0.05, 0.1) is 16.6 Å². The second kappa shape index (κ2) is 10.4. The number of hydrogen-bond acceptors (Lipinski definition) is 3. The van der Waals surface area contributed by atoms with Gasteiger partial charge in [-0.1, -0.05) is 72.1 Å². The maximum absolute atomic E-state index is 13.6. The minimum atomic E-state index is -4.00. The van der Waals surface area contributed by atoms with Crippen molar-refractivity contribution in [1.29, 1.82) is 0 Å². The number of carbonyl (C=O) groups excluding carboxylic acids is 1. The topological polar surface area (TPSA) is 66.5 Å². The van der Waals surface area contributed by atoms with Crippen LogP contribution in [0.5, 0.6) is 0 Å². The summed E-state index contributed by atoms with van der Waals surface area (Å²) in [6.45, 7) is 7.30. The second-order valence-electron chi connectivity index (χ2n) is 8.19. The lowest BCUT2D eigenvalue weighted by Gasteiger charge is -2.27. The van der Waals surface area contributed by atoms with Crippen LogP contribution >= 0.6 is 11.6 Å². The molecule has 0 bridgehead atoms. The summed E-state index contributed by atoms with van der Waals surface area (Å²) in [5, 5.41) is 3.39. The van der Waals surface area contributed by atoms with E-state index < -0.39 is 15.9 Å². The molecular formula is C26H29ClN2O3S. The van der Waals surface area contributed by atoms with Crippen LogP contribution in [0.4, 0.5) is 5.69 Å². The summed E-state index contributed by atoms with van der Waals surface area (Å²) >= 11 is 6.19. The van der Waals surface area contributed by atoms with Gasteiger partial charge in [0, 0.05) is 5.02 Å². The third kappa shape index (κ3) is 5.95. The molecule has 3 rings (SSSR count). The van der Waals surface area contributed by atoms with E-state index in [0.717, 1.165) is 21.0 Å². The van der Waals surface area contributed by atoms with Gasteiger partial charge in [0.1, 0.15) is 6.54 Å². The summed E-state index contributed by atoms with van der Waals surface area (Å²) in [4.78, 5) is 13.2. The van der Waals surface area contributed by atoms with Crippen molar-refractivity contribution in [2.24, 2.45) is 0 Å². The number of aryl methyl sites for hydroxylation is 3. The molecule has 0 radical (unpaired) electrons. The van der Waals surface area contributed by atoms with E-state index in [-0.39, 0.29) is 17.5 Å². The lowest BCUT2D eigenvalue weighted by atomic mass is 10.0. The molecule has 3 aromatic rings. The van der Waals surface area contributed by atoms with Gasteiger partial charge in [-0.05, 0) is 62.6 Å². The van der Waals surface area contributed by atoms with E-state index in [4.69, 9.17) is 11.6 Å². The molecule has 3 aromatic carbocycles. The summed E-state index contributed by atoms with van der Waals surface area (Å²) in [7, 11) is -4.00. The van der Waals surface area contributed by atoms with Crippen LogP contribution in [0.15, 0.2) is 71.6 Å². The monoisotopic (exact) mass is 484 g/mol. The van der Waals surface area contributed by atoms with Gasteiger partial charge >= 0.3 is 0 Å². The van der Waals surface area contributed by atoms with E-state index in [9.17, 15) is 13.2 Å². The Morgan fingerprint density at radius 1 is 0.939 bits per heavy atom. The van der Waals surface area contributed by atoms with Crippen LogP contribution in [0.2, 0.25) is 5.02 Å². The Morgan fingerprint density at radius 3 is 2.09 bits per heavy atom. The number of amides is 1. The standard InChI is InChI=1S/C26H29ClN2O3S/c1-5-24(21-11-6-18(2)7-12-21)28-26(30)17-29(25-16-22(27)13-10-20(25)4)33(31,32)23-14-8-19(3)9-15-23/h6-16,24H,5,17H2,1-4H3,(H,28,30). The summed E-state index contributed by atoms with van der Waals surface area (Å²) < 4.78 is 28.4. The Labute approximate surface area is 201 Å². The molecule has 0 saturated heterocycles. The molecule has 0 aliphatic carbocycles. The maximum atomic E-state index is 13.6. The minimum Gasteiger partial charge on any atom is -0.348 e. The van der Waals surface area contributed by atoms with Crippen LogP contribution in [0.25, 0.3) is 0 Å². The van der Waals surface area contributed by atoms with Crippen LogP contribution in [0, 0.1) is 20.8 Å².